The highest BCUT2D eigenvalue weighted by atomic mass is 32.1. The lowest BCUT2D eigenvalue weighted by Gasteiger charge is -2.32. The zero-order valence-corrected chi connectivity index (χ0v) is 9.98. The summed E-state index contributed by atoms with van der Waals surface area (Å²) in [5, 5.41) is 0. The smallest absolute Gasteiger partial charge is 0.0727 e. The van der Waals surface area contributed by atoms with Crippen molar-refractivity contribution in [1.82, 2.24) is 4.90 Å². The van der Waals surface area contributed by atoms with E-state index in [9.17, 15) is 0 Å². The van der Waals surface area contributed by atoms with Crippen LogP contribution < -0.4 is 5.73 Å². The summed E-state index contributed by atoms with van der Waals surface area (Å²) in [6.45, 7) is 6.03. The fourth-order valence-corrected chi connectivity index (χ4v) is 2.31. The van der Waals surface area contributed by atoms with E-state index in [4.69, 9.17) is 18.0 Å². The van der Waals surface area contributed by atoms with Gasteiger partial charge in [-0.25, -0.2) is 0 Å². The molecule has 0 amide bonds. The summed E-state index contributed by atoms with van der Waals surface area (Å²) >= 11 is 4.87. The molecule has 82 valence electrons. The molecule has 0 saturated carbocycles. The lowest BCUT2D eigenvalue weighted by molar-refractivity contribution is 0.171. The van der Waals surface area contributed by atoms with E-state index in [1.807, 2.05) is 0 Å². The molecule has 0 aromatic heterocycles. The zero-order chi connectivity index (χ0) is 10.4. The maximum Gasteiger partial charge on any atom is 0.0727 e. The zero-order valence-electron chi connectivity index (χ0n) is 9.17. The largest absolute Gasteiger partial charge is 0.393 e. The standard InChI is InChI=1S/C11H22N2S/c1-2-10-5-3-7-13(9-10)8-4-6-11(12)14/h10H,2-9H2,1H3,(H2,12,14). The van der Waals surface area contributed by atoms with Crippen molar-refractivity contribution >= 4 is 17.2 Å². The van der Waals surface area contributed by atoms with Crippen molar-refractivity contribution in [2.45, 2.75) is 39.0 Å². The Labute approximate surface area is 92.8 Å². The molecule has 1 unspecified atom stereocenters. The van der Waals surface area contributed by atoms with E-state index < -0.39 is 0 Å². The maximum atomic E-state index is 5.47. The molecule has 1 saturated heterocycles. The number of piperidine rings is 1. The van der Waals surface area contributed by atoms with Gasteiger partial charge in [0.1, 0.15) is 0 Å². The van der Waals surface area contributed by atoms with Crippen LogP contribution in [0, 0.1) is 5.92 Å². The monoisotopic (exact) mass is 214 g/mol. The third-order valence-corrected chi connectivity index (χ3v) is 3.28. The predicted octanol–water partition coefficient (Wildman–Crippen LogP) is 2.17. The molecular weight excluding hydrogens is 192 g/mol. The first kappa shape index (κ1) is 11.9. The van der Waals surface area contributed by atoms with E-state index in [1.54, 1.807) is 0 Å². The number of hydrogen-bond donors (Lipinski definition) is 1. The Morgan fingerprint density at radius 3 is 3.00 bits per heavy atom. The van der Waals surface area contributed by atoms with Gasteiger partial charge in [-0.15, -0.1) is 0 Å². The summed E-state index contributed by atoms with van der Waals surface area (Å²) in [5.41, 5.74) is 5.47. The van der Waals surface area contributed by atoms with Crippen LogP contribution >= 0.6 is 12.2 Å². The Morgan fingerprint density at radius 2 is 2.36 bits per heavy atom. The average Bonchev–Trinajstić information content (AvgIpc) is 2.18. The molecule has 0 spiro atoms. The van der Waals surface area contributed by atoms with Crippen LogP contribution in [0.3, 0.4) is 0 Å². The van der Waals surface area contributed by atoms with Crippen molar-refractivity contribution in [3.8, 4) is 0 Å². The normalized spacial score (nSPS) is 23.6. The number of nitrogens with two attached hydrogens (primary N) is 1. The van der Waals surface area contributed by atoms with E-state index in [1.165, 1.54) is 38.9 Å². The molecule has 1 rings (SSSR count). The minimum Gasteiger partial charge on any atom is -0.393 e. The molecule has 1 atom stereocenters. The Kier molecular flexibility index (Phi) is 5.41. The minimum atomic E-state index is 0.661. The Bertz CT molecular complexity index is 182. The van der Waals surface area contributed by atoms with Crippen molar-refractivity contribution < 1.29 is 0 Å². The number of thiocarbonyl (C=S) groups is 1. The second kappa shape index (κ2) is 6.36. The molecule has 1 aliphatic heterocycles. The van der Waals surface area contributed by atoms with Crippen molar-refractivity contribution in [2.24, 2.45) is 11.7 Å². The molecule has 0 aliphatic carbocycles. The Balaban J connectivity index is 2.14. The first-order valence-electron chi connectivity index (χ1n) is 5.73. The topological polar surface area (TPSA) is 29.3 Å². The molecule has 1 heterocycles. The van der Waals surface area contributed by atoms with Gasteiger partial charge in [-0.2, -0.15) is 0 Å². The van der Waals surface area contributed by atoms with Gasteiger partial charge in [-0.3, -0.25) is 0 Å². The van der Waals surface area contributed by atoms with Crippen LogP contribution in [-0.2, 0) is 0 Å². The molecule has 3 heteroatoms. The summed E-state index contributed by atoms with van der Waals surface area (Å²) in [5.74, 6) is 0.925. The Morgan fingerprint density at radius 1 is 1.57 bits per heavy atom. The first-order chi connectivity index (χ1) is 6.72. The van der Waals surface area contributed by atoms with Crippen molar-refractivity contribution in [1.29, 1.82) is 0 Å². The quantitative estimate of drug-likeness (QED) is 0.711. The van der Waals surface area contributed by atoms with Crippen LogP contribution in [-0.4, -0.2) is 29.5 Å². The molecule has 2 N–H and O–H groups in total. The van der Waals surface area contributed by atoms with Crippen molar-refractivity contribution in [2.75, 3.05) is 19.6 Å². The van der Waals surface area contributed by atoms with Gasteiger partial charge in [0, 0.05) is 6.54 Å². The highest BCUT2D eigenvalue weighted by molar-refractivity contribution is 7.80. The third kappa shape index (κ3) is 4.38. The van der Waals surface area contributed by atoms with Gasteiger partial charge in [-0.05, 0) is 44.7 Å². The summed E-state index contributed by atoms with van der Waals surface area (Å²) in [4.78, 5) is 3.23. The van der Waals surface area contributed by atoms with Crippen LogP contribution in [0.25, 0.3) is 0 Å². The van der Waals surface area contributed by atoms with Crippen molar-refractivity contribution in [3.05, 3.63) is 0 Å². The summed E-state index contributed by atoms with van der Waals surface area (Å²) in [6, 6.07) is 0. The van der Waals surface area contributed by atoms with Crippen LogP contribution in [0.5, 0.6) is 0 Å². The average molecular weight is 214 g/mol. The van der Waals surface area contributed by atoms with E-state index in [0.717, 1.165) is 18.8 Å². The Hall–Kier alpha value is -0.150. The van der Waals surface area contributed by atoms with E-state index >= 15 is 0 Å². The van der Waals surface area contributed by atoms with Crippen molar-refractivity contribution in [3.63, 3.8) is 0 Å². The lowest BCUT2D eigenvalue weighted by atomic mass is 9.95. The molecule has 2 nitrogen and oxygen atoms in total. The number of likely N-dealkylation sites (tertiary alicyclic amines) is 1. The van der Waals surface area contributed by atoms with Gasteiger partial charge in [-0.1, -0.05) is 25.6 Å². The molecule has 0 aromatic carbocycles. The number of rotatable bonds is 5. The summed E-state index contributed by atoms with van der Waals surface area (Å²) in [7, 11) is 0. The SMILES string of the molecule is CCC1CCCN(CCCC(N)=S)C1. The number of hydrogen-bond acceptors (Lipinski definition) is 2. The minimum absolute atomic E-state index is 0.661. The molecule has 1 fully saturated rings. The lowest BCUT2D eigenvalue weighted by Crippen LogP contribution is -2.36. The van der Waals surface area contributed by atoms with Crippen LogP contribution in [0.2, 0.25) is 0 Å². The number of nitrogens with zero attached hydrogens (tertiary/aromatic N) is 1. The molecule has 0 bridgehead atoms. The second-order valence-corrected chi connectivity index (χ2v) is 4.81. The molecule has 0 aromatic rings. The van der Waals surface area contributed by atoms with Crippen LogP contribution in [0.15, 0.2) is 0 Å². The van der Waals surface area contributed by atoms with Gasteiger partial charge in [0.2, 0.25) is 0 Å². The third-order valence-electron chi connectivity index (χ3n) is 3.08. The highest BCUT2D eigenvalue weighted by Gasteiger charge is 2.17. The molecular formula is C11H22N2S. The van der Waals surface area contributed by atoms with Gasteiger partial charge >= 0.3 is 0 Å². The van der Waals surface area contributed by atoms with E-state index in [2.05, 4.69) is 11.8 Å². The van der Waals surface area contributed by atoms with E-state index in [0.29, 0.717) is 4.99 Å². The van der Waals surface area contributed by atoms with Crippen LogP contribution in [0.1, 0.15) is 39.0 Å². The van der Waals surface area contributed by atoms with Gasteiger partial charge in [0.05, 0.1) is 4.99 Å². The molecule has 14 heavy (non-hydrogen) atoms. The molecule has 1 aliphatic rings. The first-order valence-corrected chi connectivity index (χ1v) is 6.14. The van der Waals surface area contributed by atoms with Crippen LogP contribution in [0.4, 0.5) is 0 Å². The highest BCUT2D eigenvalue weighted by Crippen LogP contribution is 2.19. The fourth-order valence-electron chi connectivity index (χ4n) is 2.16. The summed E-state index contributed by atoms with van der Waals surface area (Å²) in [6.07, 6.45) is 6.15. The van der Waals surface area contributed by atoms with Gasteiger partial charge < -0.3 is 10.6 Å². The van der Waals surface area contributed by atoms with E-state index in [-0.39, 0.29) is 0 Å². The summed E-state index contributed by atoms with van der Waals surface area (Å²) < 4.78 is 0. The fraction of sp³-hybridized carbons (Fsp3) is 0.909. The van der Waals surface area contributed by atoms with Gasteiger partial charge in [0.15, 0.2) is 0 Å². The second-order valence-electron chi connectivity index (χ2n) is 4.29. The maximum absolute atomic E-state index is 5.47. The molecule has 0 radical (unpaired) electrons. The predicted molar refractivity (Wildman–Crippen MR) is 65.5 cm³/mol. The van der Waals surface area contributed by atoms with Gasteiger partial charge in [0.25, 0.3) is 0 Å².